The molecule has 0 aliphatic carbocycles. The molecule has 120 valence electrons. The minimum atomic E-state index is -0.498. The summed E-state index contributed by atoms with van der Waals surface area (Å²) in [5, 5.41) is 4.87. The number of ether oxygens (including phenoxy) is 1. The second-order valence-electron chi connectivity index (χ2n) is 5.50. The van der Waals surface area contributed by atoms with Crippen molar-refractivity contribution in [1.82, 2.24) is 0 Å². The van der Waals surface area contributed by atoms with Gasteiger partial charge in [-0.3, -0.25) is 4.79 Å². The fraction of sp³-hybridized carbons (Fsp3) is 0.100. The van der Waals surface area contributed by atoms with Gasteiger partial charge in [0.15, 0.2) is 6.61 Å². The number of amides is 1. The molecule has 0 aliphatic rings. The normalized spacial score (nSPS) is 10.4. The van der Waals surface area contributed by atoms with E-state index in [1.807, 2.05) is 61.5 Å². The van der Waals surface area contributed by atoms with Crippen LogP contribution >= 0.6 is 0 Å². The van der Waals surface area contributed by atoms with Crippen LogP contribution < -0.4 is 5.32 Å². The Hall–Kier alpha value is -3.14. The van der Waals surface area contributed by atoms with Crippen LogP contribution in [0.2, 0.25) is 0 Å². The first kappa shape index (κ1) is 15.7. The van der Waals surface area contributed by atoms with Gasteiger partial charge in [0.25, 0.3) is 5.91 Å². The lowest BCUT2D eigenvalue weighted by Crippen LogP contribution is -2.21. The molecular weight excluding hydrogens is 302 g/mol. The van der Waals surface area contributed by atoms with Gasteiger partial charge in [0.05, 0.1) is 5.56 Å². The maximum absolute atomic E-state index is 12.0. The minimum absolute atomic E-state index is 0.319. The van der Waals surface area contributed by atoms with E-state index >= 15 is 0 Å². The van der Waals surface area contributed by atoms with E-state index < -0.39 is 5.97 Å². The zero-order valence-electron chi connectivity index (χ0n) is 13.3. The molecule has 0 aliphatic heterocycles. The Labute approximate surface area is 140 Å². The Bertz CT molecular complexity index is 902. The molecule has 4 nitrogen and oxygen atoms in total. The summed E-state index contributed by atoms with van der Waals surface area (Å²) in [6, 6.07) is 20.6. The second kappa shape index (κ2) is 6.96. The number of anilines is 1. The molecule has 0 unspecified atom stereocenters. The number of esters is 1. The summed E-state index contributed by atoms with van der Waals surface area (Å²) >= 11 is 0. The minimum Gasteiger partial charge on any atom is -0.452 e. The summed E-state index contributed by atoms with van der Waals surface area (Å²) < 4.78 is 5.08. The van der Waals surface area contributed by atoms with Gasteiger partial charge in [-0.1, -0.05) is 48.5 Å². The molecule has 3 aromatic rings. The van der Waals surface area contributed by atoms with E-state index in [9.17, 15) is 9.59 Å². The number of aryl methyl sites for hydroxylation is 1. The number of hydrogen-bond acceptors (Lipinski definition) is 3. The van der Waals surface area contributed by atoms with Crippen molar-refractivity contribution < 1.29 is 14.3 Å². The fourth-order valence-electron chi connectivity index (χ4n) is 2.47. The number of carbonyl (C=O) groups is 2. The molecule has 0 saturated carbocycles. The number of hydrogen-bond donors (Lipinski definition) is 1. The monoisotopic (exact) mass is 319 g/mol. The highest BCUT2D eigenvalue weighted by molar-refractivity contribution is 5.97. The van der Waals surface area contributed by atoms with E-state index in [2.05, 4.69) is 5.32 Å². The molecule has 3 aromatic carbocycles. The lowest BCUT2D eigenvalue weighted by Gasteiger charge is -2.08. The van der Waals surface area contributed by atoms with Crippen molar-refractivity contribution in [3.8, 4) is 0 Å². The van der Waals surface area contributed by atoms with Crippen molar-refractivity contribution in [1.29, 1.82) is 0 Å². The third-order valence-corrected chi connectivity index (χ3v) is 3.73. The highest BCUT2D eigenvalue weighted by Crippen LogP contribution is 2.18. The Kier molecular flexibility index (Phi) is 4.57. The molecule has 0 spiro atoms. The molecule has 1 amide bonds. The summed E-state index contributed by atoms with van der Waals surface area (Å²) in [6.45, 7) is 1.51. The van der Waals surface area contributed by atoms with Gasteiger partial charge in [0.1, 0.15) is 0 Å². The van der Waals surface area contributed by atoms with E-state index in [1.54, 1.807) is 12.1 Å². The van der Waals surface area contributed by atoms with Gasteiger partial charge in [0.2, 0.25) is 0 Å². The molecule has 3 rings (SSSR count). The SMILES string of the molecule is Cc1ccccc1C(=O)OCC(=O)Nc1ccc2ccccc2c1. The summed E-state index contributed by atoms with van der Waals surface area (Å²) in [7, 11) is 0. The topological polar surface area (TPSA) is 55.4 Å². The molecule has 1 N–H and O–H groups in total. The van der Waals surface area contributed by atoms with Crippen LogP contribution in [0, 0.1) is 6.92 Å². The standard InChI is InChI=1S/C20H17NO3/c1-14-6-2-5-9-18(14)20(23)24-13-19(22)21-17-11-10-15-7-3-4-8-16(15)12-17/h2-12H,13H2,1H3,(H,21,22). The van der Waals surface area contributed by atoms with Crippen LogP contribution in [-0.4, -0.2) is 18.5 Å². The number of rotatable bonds is 4. The highest BCUT2D eigenvalue weighted by Gasteiger charge is 2.12. The lowest BCUT2D eigenvalue weighted by molar-refractivity contribution is -0.119. The molecule has 0 heterocycles. The van der Waals surface area contributed by atoms with Crippen LogP contribution in [0.3, 0.4) is 0 Å². The van der Waals surface area contributed by atoms with Crippen LogP contribution in [0.25, 0.3) is 10.8 Å². The van der Waals surface area contributed by atoms with Crippen molar-refractivity contribution >= 4 is 28.3 Å². The third kappa shape index (κ3) is 3.60. The zero-order chi connectivity index (χ0) is 16.9. The number of carbonyl (C=O) groups excluding carboxylic acids is 2. The van der Waals surface area contributed by atoms with Crippen molar-refractivity contribution in [3.63, 3.8) is 0 Å². The van der Waals surface area contributed by atoms with Crippen molar-refractivity contribution in [2.45, 2.75) is 6.92 Å². The Morgan fingerprint density at radius 3 is 2.42 bits per heavy atom. The Morgan fingerprint density at radius 2 is 1.62 bits per heavy atom. The van der Waals surface area contributed by atoms with Gasteiger partial charge in [0, 0.05) is 5.69 Å². The Balaban J connectivity index is 1.61. The van der Waals surface area contributed by atoms with Crippen molar-refractivity contribution in [3.05, 3.63) is 77.9 Å². The van der Waals surface area contributed by atoms with Crippen molar-refractivity contribution in [2.24, 2.45) is 0 Å². The quantitative estimate of drug-likeness (QED) is 0.741. The molecule has 0 fully saturated rings. The zero-order valence-corrected chi connectivity index (χ0v) is 13.3. The Morgan fingerprint density at radius 1 is 0.917 bits per heavy atom. The molecule has 0 aromatic heterocycles. The highest BCUT2D eigenvalue weighted by atomic mass is 16.5. The lowest BCUT2D eigenvalue weighted by atomic mass is 10.1. The van der Waals surface area contributed by atoms with E-state index in [0.29, 0.717) is 11.3 Å². The van der Waals surface area contributed by atoms with Gasteiger partial charge in [-0.25, -0.2) is 4.79 Å². The largest absolute Gasteiger partial charge is 0.452 e. The predicted molar refractivity (Wildman–Crippen MR) is 94.0 cm³/mol. The van der Waals surface area contributed by atoms with Crippen LogP contribution in [0.1, 0.15) is 15.9 Å². The number of nitrogens with one attached hydrogen (secondary N) is 1. The van der Waals surface area contributed by atoms with Crippen LogP contribution in [0.15, 0.2) is 66.7 Å². The first-order chi connectivity index (χ1) is 11.6. The van der Waals surface area contributed by atoms with Crippen LogP contribution in [0.5, 0.6) is 0 Å². The van der Waals surface area contributed by atoms with Crippen LogP contribution in [-0.2, 0) is 9.53 Å². The van der Waals surface area contributed by atoms with Crippen molar-refractivity contribution in [2.75, 3.05) is 11.9 Å². The summed E-state index contributed by atoms with van der Waals surface area (Å²) in [5.41, 5.74) is 1.96. The first-order valence-electron chi connectivity index (χ1n) is 7.65. The van der Waals surface area contributed by atoms with E-state index in [0.717, 1.165) is 16.3 Å². The second-order valence-corrected chi connectivity index (χ2v) is 5.50. The number of fused-ring (bicyclic) bond motifs is 1. The molecular formula is C20H17NO3. The fourth-order valence-corrected chi connectivity index (χ4v) is 2.47. The third-order valence-electron chi connectivity index (χ3n) is 3.73. The summed E-state index contributed by atoms with van der Waals surface area (Å²) in [6.07, 6.45) is 0. The van der Waals surface area contributed by atoms with Gasteiger partial charge >= 0.3 is 5.97 Å². The maximum Gasteiger partial charge on any atom is 0.338 e. The molecule has 0 bridgehead atoms. The summed E-state index contributed by atoms with van der Waals surface area (Å²) in [4.78, 5) is 24.0. The average molecular weight is 319 g/mol. The first-order valence-corrected chi connectivity index (χ1v) is 7.65. The number of benzene rings is 3. The van der Waals surface area contributed by atoms with E-state index in [1.165, 1.54) is 0 Å². The van der Waals surface area contributed by atoms with Crippen LogP contribution in [0.4, 0.5) is 5.69 Å². The average Bonchev–Trinajstić information content (AvgIpc) is 2.60. The molecule has 0 saturated heterocycles. The van der Waals surface area contributed by atoms with Gasteiger partial charge in [-0.2, -0.15) is 0 Å². The van der Waals surface area contributed by atoms with Gasteiger partial charge in [-0.05, 0) is 41.5 Å². The maximum atomic E-state index is 12.0. The molecule has 24 heavy (non-hydrogen) atoms. The molecule has 4 heteroatoms. The molecule has 0 atom stereocenters. The van der Waals surface area contributed by atoms with Gasteiger partial charge < -0.3 is 10.1 Å². The van der Waals surface area contributed by atoms with E-state index in [4.69, 9.17) is 4.74 Å². The summed E-state index contributed by atoms with van der Waals surface area (Å²) in [5.74, 6) is -0.867. The van der Waals surface area contributed by atoms with E-state index in [-0.39, 0.29) is 12.5 Å². The smallest absolute Gasteiger partial charge is 0.338 e. The predicted octanol–water partition coefficient (Wildman–Crippen LogP) is 3.94. The molecule has 0 radical (unpaired) electrons. The van der Waals surface area contributed by atoms with Gasteiger partial charge in [-0.15, -0.1) is 0 Å².